The van der Waals surface area contributed by atoms with E-state index in [-0.39, 0.29) is 11.5 Å². The van der Waals surface area contributed by atoms with Gasteiger partial charge in [0.05, 0.1) is 11.9 Å². The van der Waals surface area contributed by atoms with Crippen molar-refractivity contribution in [3.05, 3.63) is 34.8 Å². The number of carbonyl (C=O) groups is 1. The number of nitrogens with one attached hydrogen (secondary N) is 1. The summed E-state index contributed by atoms with van der Waals surface area (Å²) >= 11 is 0. The van der Waals surface area contributed by atoms with E-state index in [2.05, 4.69) is 15.3 Å². The van der Waals surface area contributed by atoms with Crippen LogP contribution >= 0.6 is 0 Å². The van der Waals surface area contributed by atoms with Gasteiger partial charge in [-0.3, -0.25) is 9.59 Å². The maximum atomic E-state index is 11.7. The molecule has 0 spiro atoms. The summed E-state index contributed by atoms with van der Waals surface area (Å²) < 4.78 is 1.32. The molecule has 1 unspecified atom stereocenters. The second-order valence-electron chi connectivity index (χ2n) is 5.66. The van der Waals surface area contributed by atoms with E-state index in [1.807, 2.05) is 19.1 Å². The number of rotatable bonds is 6. The second-order valence-corrected chi connectivity index (χ2v) is 5.66. The first kappa shape index (κ1) is 16.3. The lowest BCUT2D eigenvalue weighted by atomic mass is 10.1. The Bertz CT molecular complexity index is 594. The van der Waals surface area contributed by atoms with E-state index in [0.29, 0.717) is 18.9 Å². The minimum atomic E-state index is -0.100. The predicted octanol–water partition coefficient (Wildman–Crippen LogP) is 1.08. The first-order valence-corrected chi connectivity index (χ1v) is 7.80. The average Bonchev–Trinajstić information content (AvgIpc) is 2.97. The van der Waals surface area contributed by atoms with Gasteiger partial charge in [-0.1, -0.05) is 19.1 Å². The fourth-order valence-corrected chi connectivity index (χ4v) is 2.55. The van der Waals surface area contributed by atoms with Crippen LogP contribution in [0.25, 0.3) is 0 Å². The Balaban J connectivity index is 1.80. The third-order valence-electron chi connectivity index (χ3n) is 3.90. The summed E-state index contributed by atoms with van der Waals surface area (Å²) in [6, 6.07) is 1.61. The molecule has 0 radical (unpaired) electrons. The molecule has 1 aromatic rings. The van der Waals surface area contributed by atoms with Gasteiger partial charge in [0.1, 0.15) is 0 Å². The molecule has 6 nitrogen and oxygen atoms in total. The van der Waals surface area contributed by atoms with Gasteiger partial charge in [0.2, 0.25) is 5.91 Å². The number of allylic oxidation sites excluding steroid dienone is 1. The third-order valence-corrected chi connectivity index (χ3v) is 3.90. The molecule has 1 saturated heterocycles. The van der Waals surface area contributed by atoms with E-state index in [0.717, 1.165) is 31.6 Å². The molecule has 0 saturated carbocycles. The molecule has 2 heterocycles. The minimum Gasteiger partial charge on any atom is -0.370 e. The van der Waals surface area contributed by atoms with Crippen LogP contribution in [0, 0.1) is 5.92 Å². The highest BCUT2D eigenvalue weighted by molar-refractivity contribution is 5.77. The van der Waals surface area contributed by atoms with Crippen LogP contribution in [0.15, 0.2) is 29.2 Å². The highest BCUT2D eigenvalue weighted by Crippen LogP contribution is 2.21. The van der Waals surface area contributed by atoms with Crippen LogP contribution in [0.5, 0.6) is 0 Å². The molecule has 1 aliphatic rings. The van der Waals surface area contributed by atoms with E-state index >= 15 is 0 Å². The lowest BCUT2D eigenvalue weighted by molar-refractivity contribution is -0.120. The van der Waals surface area contributed by atoms with E-state index in [1.54, 1.807) is 19.3 Å². The molecule has 1 aliphatic heterocycles. The zero-order chi connectivity index (χ0) is 15.9. The van der Waals surface area contributed by atoms with Crippen molar-refractivity contribution in [1.29, 1.82) is 0 Å². The number of anilines is 1. The van der Waals surface area contributed by atoms with Crippen LogP contribution in [0.1, 0.15) is 26.2 Å². The van der Waals surface area contributed by atoms with Crippen LogP contribution in [0.3, 0.4) is 0 Å². The van der Waals surface area contributed by atoms with Gasteiger partial charge < -0.3 is 10.2 Å². The average molecular weight is 304 g/mol. The Morgan fingerprint density at radius 3 is 3.05 bits per heavy atom. The molecule has 0 aromatic carbocycles. The predicted molar refractivity (Wildman–Crippen MR) is 86.9 cm³/mol. The van der Waals surface area contributed by atoms with Gasteiger partial charge in [-0.15, -0.1) is 0 Å². The van der Waals surface area contributed by atoms with Crippen molar-refractivity contribution in [3.63, 3.8) is 0 Å². The lowest BCUT2D eigenvalue weighted by Gasteiger charge is -2.18. The van der Waals surface area contributed by atoms with Crippen LogP contribution in [0.4, 0.5) is 5.69 Å². The highest BCUT2D eigenvalue weighted by atomic mass is 16.1. The quantitative estimate of drug-likeness (QED) is 0.799. The topological polar surface area (TPSA) is 67.2 Å². The molecule has 1 aromatic heterocycles. The molecule has 22 heavy (non-hydrogen) atoms. The number of aryl methyl sites for hydroxylation is 1. The summed E-state index contributed by atoms with van der Waals surface area (Å²) in [6.45, 7) is 4.48. The highest BCUT2D eigenvalue weighted by Gasteiger charge is 2.23. The summed E-state index contributed by atoms with van der Waals surface area (Å²) in [5.41, 5.74) is 0.764. The van der Waals surface area contributed by atoms with Crippen molar-refractivity contribution in [2.45, 2.75) is 26.2 Å². The maximum Gasteiger partial charge on any atom is 0.268 e. The maximum absolute atomic E-state index is 11.7. The van der Waals surface area contributed by atoms with Crippen molar-refractivity contribution in [1.82, 2.24) is 15.1 Å². The molecule has 2 rings (SSSR count). The van der Waals surface area contributed by atoms with Crippen molar-refractivity contribution >= 4 is 11.6 Å². The molecule has 1 N–H and O–H groups in total. The summed E-state index contributed by atoms with van der Waals surface area (Å²) in [6.07, 6.45) is 8.04. The standard InChI is InChI=1S/C16H24N4O2/c1-3-4-5-6-15(21)17-10-13-7-8-20(12-13)14-9-16(22)19(2)18-11-14/h4-5,9,11,13H,3,6-8,10,12H2,1-2H3,(H,17,21)/b5-4+. The van der Waals surface area contributed by atoms with Crippen LogP contribution in [-0.4, -0.2) is 35.3 Å². The fraction of sp³-hybridized carbons (Fsp3) is 0.562. The Kier molecular flexibility index (Phi) is 5.75. The molecular formula is C16H24N4O2. The molecule has 6 heteroatoms. The van der Waals surface area contributed by atoms with E-state index in [4.69, 9.17) is 0 Å². The first-order valence-electron chi connectivity index (χ1n) is 7.80. The van der Waals surface area contributed by atoms with E-state index < -0.39 is 0 Å². The third kappa shape index (κ3) is 4.44. The Labute approximate surface area is 130 Å². The molecule has 1 atom stereocenters. The largest absolute Gasteiger partial charge is 0.370 e. The number of nitrogens with zero attached hydrogens (tertiary/aromatic N) is 3. The van der Waals surface area contributed by atoms with Gasteiger partial charge in [-0.05, 0) is 18.8 Å². The SMILES string of the molecule is CC/C=C/CC(=O)NCC1CCN(c2cnn(C)c(=O)c2)C1. The first-order chi connectivity index (χ1) is 10.6. The second kappa shape index (κ2) is 7.77. The Morgan fingerprint density at radius 2 is 2.32 bits per heavy atom. The minimum absolute atomic E-state index is 0.0680. The summed E-state index contributed by atoms with van der Waals surface area (Å²) in [4.78, 5) is 25.5. The lowest BCUT2D eigenvalue weighted by Crippen LogP contribution is -2.31. The van der Waals surface area contributed by atoms with Crippen molar-refractivity contribution in [2.75, 3.05) is 24.5 Å². The van der Waals surface area contributed by atoms with E-state index in [1.165, 1.54) is 4.68 Å². The van der Waals surface area contributed by atoms with Crippen LogP contribution in [-0.2, 0) is 11.8 Å². The zero-order valence-electron chi connectivity index (χ0n) is 13.3. The van der Waals surface area contributed by atoms with Crippen molar-refractivity contribution in [2.24, 2.45) is 13.0 Å². The number of hydrogen-bond donors (Lipinski definition) is 1. The number of carbonyl (C=O) groups excluding carboxylic acids is 1. The van der Waals surface area contributed by atoms with Crippen molar-refractivity contribution in [3.8, 4) is 0 Å². The fourth-order valence-electron chi connectivity index (χ4n) is 2.55. The van der Waals surface area contributed by atoms with Gasteiger partial charge in [-0.2, -0.15) is 5.10 Å². The molecule has 0 aliphatic carbocycles. The van der Waals surface area contributed by atoms with Crippen LogP contribution < -0.4 is 15.8 Å². The van der Waals surface area contributed by atoms with Gasteiger partial charge in [-0.25, -0.2) is 4.68 Å². The van der Waals surface area contributed by atoms with Gasteiger partial charge in [0.25, 0.3) is 5.56 Å². The van der Waals surface area contributed by atoms with Gasteiger partial charge in [0, 0.05) is 39.2 Å². The van der Waals surface area contributed by atoms with Gasteiger partial charge >= 0.3 is 0 Å². The summed E-state index contributed by atoms with van der Waals surface area (Å²) in [5, 5.41) is 7.03. The van der Waals surface area contributed by atoms with E-state index in [9.17, 15) is 9.59 Å². The number of aromatic nitrogens is 2. The molecule has 1 amide bonds. The van der Waals surface area contributed by atoms with Crippen molar-refractivity contribution < 1.29 is 4.79 Å². The number of amides is 1. The smallest absolute Gasteiger partial charge is 0.268 e. The molecular weight excluding hydrogens is 280 g/mol. The molecule has 1 fully saturated rings. The summed E-state index contributed by atoms with van der Waals surface area (Å²) in [5.74, 6) is 0.488. The van der Waals surface area contributed by atoms with Gasteiger partial charge in [0.15, 0.2) is 0 Å². The summed E-state index contributed by atoms with van der Waals surface area (Å²) in [7, 11) is 1.64. The monoisotopic (exact) mass is 304 g/mol. The molecule has 0 bridgehead atoms. The van der Waals surface area contributed by atoms with Crippen LogP contribution in [0.2, 0.25) is 0 Å². The zero-order valence-corrected chi connectivity index (χ0v) is 13.3. The molecule has 120 valence electrons. The normalized spacial score (nSPS) is 18.1. The Morgan fingerprint density at radius 1 is 1.50 bits per heavy atom. The number of hydrogen-bond acceptors (Lipinski definition) is 4. The Hall–Kier alpha value is -2.11.